The van der Waals surface area contributed by atoms with Crippen LogP contribution < -0.4 is 10.6 Å². The zero-order chi connectivity index (χ0) is 24.7. The van der Waals surface area contributed by atoms with Crippen molar-refractivity contribution in [2.45, 2.75) is 39.2 Å². The second-order valence-corrected chi connectivity index (χ2v) is 11.6. The lowest BCUT2D eigenvalue weighted by Gasteiger charge is -2.43. The molecule has 0 bridgehead atoms. The highest BCUT2D eigenvalue weighted by Crippen LogP contribution is 2.51. The first-order valence-electron chi connectivity index (χ1n) is 11.9. The van der Waals surface area contributed by atoms with Crippen molar-refractivity contribution in [3.8, 4) is 6.07 Å². The van der Waals surface area contributed by atoms with Gasteiger partial charge in [0.25, 0.3) is 0 Å². The summed E-state index contributed by atoms with van der Waals surface area (Å²) in [5, 5.41) is 13.0. The summed E-state index contributed by atoms with van der Waals surface area (Å²) >= 11 is 7.91. The predicted molar refractivity (Wildman–Crippen MR) is 139 cm³/mol. The summed E-state index contributed by atoms with van der Waals surface area (Å²) in [6.07, 6.45) is 1.12. The lowest BCUT2D eigenvalue weighted by Crippen LogP contribution is -2.42. The minimum absolute atomic E-state index is 0.0802. The number of benzene rings is 1. The van der Waals surface area contributed by atoms with E-state index in [-0.39, 0.29) is 11.2 Å². The summed E-state index contributed by atoms with van der Waals surface area (Å²) in [7, 11) is 0. The van der Waals surface area contributed by atoms with Gasteiger partial charge in [0, 0.05) is 52.9 Å². The maximum atomic E-state index is 13.7. The van der Waals surface area contributed by atoms with E-state index in [0.717, 1.165) is 49.1 Å². The number of Topliss-reactive ketones (excluding diaryl/α,β-unsaturated/α-hetero) is 1. The van der Waals surface area contributed by atoms with Crippen molar-refractivity contribution < 1.29 is 9.53 Å². The molecular formula is C27H29ClN4O2S. The Morgan fingerprint density at radius 1 is 1.26 bits per heavy atom. The Kier molecular flexibility index (Phi) is 6.49. The molecule has 1 aliphatic carbocycles. The van der Waals surface area contributed by atoms with Crippen molar-refractivity contribution in [2.75, 3.05) is 31.2 Å². The third kappa shape index (κ3) is 4.64. The molecule has 1 aromatic carbocycles. The van der Waals surface area contributed by atoms with Crippen LogP contribution in [0.2, 0.25) is 5.02 Å². The number of anilines is 1. The quantitative estimate of drug-likeness (QED) is 0.613. The van der Waals surface area contributed by atoms with Crippen LogP contribution in [-0.2, 0) is 16.1 Å². The van der Waals surface area contributed by atoms with Crippen LogP contribution in [0.1, 0.15) is 43.0 Å². The molecule has 182 valence electrons. The molecular weight excluding hydrogens is 480 g/mol. The minimum Gasteiger partial charge on any atom is -0.384 e. The summed E-state index contributed by atoms with van der Waals surface area (Å²) < 4.78 is 5.47. The number of nitriles is 1. The number of ketones is 1. The first-order chi connectivity index (χ1) is 16.8. The molecule has 2 aliphatic heterocycles. The fraction of sp³-hybridized carbons (Fsp3) is 0.407. The van der Waals surface area contributed by atoms with Gasteiger partial charge in [-0.15, -0.1) is 11.3 Å². The van der Waals surface area contributed by atoms with Crippen molar-refractivity contribution >= 4 is 34.4 Å². The Bertz CT molecular complexity index is 1270. The summed E-state index contributed by atoms with van der Waals surface area (Å²) in [6, 6.07) is 11.9. The molecule has 0 spiro atoms. The molecule has 0 radical (unpaired) electrons. The normalized spacial score (nSPS) is 22.9. The molecule has 0 saturated carbocycles. The minimum atomic E-state index is -0.447. The molecule has 35 heavy (non-hydrogen) atoms. The molecule has 1 atom stereocenters. The molecule has 1 fully saturated rings. The fourth-order valence-electron chi connectivity index (χ4n) is 5.35. The summed E-state index contributed by atoms with van der Waals surface area (Å²) in [5.41, 5.74) is 10.4. The van der Waals surface area contributed by atoms with Crippen LogP contribution in [0.5, 0.6) is 0 Å². The van der Waals surface area contributed by atoms with Crippen LogP contribution in [0.3, 0.4) is 0 Å². The average Bonchev–Trinajstić information content (AvgIpc) is 3.26. The van der Waals surface area contributed by atoms with E-state index in [1.807, 2.05) is 23.1 Å². The van der Waals surface area contributed by atoms with Crippen molar-refractivity contribution in [3.05, 3.63) is 73.8 Å². The standard InChI is InChI=1S/C27H29ClN4O2S/c1-27(2)12-21-25(22(33)13-27)24(23-10-17(16-35-23)15-31-6-8-34-9-7-31)20(14-29)26(30)32(21)19-5-3-4-18(28)11-19/h3-5,10-11,16,24H,6-9,12-13,15,30H2,1-2H3/t24-/m0/s1. The van der Waals surface area contributed by atoms with Crippen molar-refractivity contribution in [1.29, 1.82) is 5.26 Å². The number of ether oxygens (including phenoxy) is 1. The smallest absolute Gasteiger partial charge is 0.162 e. The topological polar surface area (TPSA) is 82.6 Å². The second-order valence-electron chi connectivity index (χ2n) is 10.2. The number of nitrogens with zero attached hydrogens (tertiary/aromatic N) is 3. The zero-order valence-corrected chi connectivity index (χ0v) is 21.6. The van der Waals surface area contributed by atoms with E-state index in [4.69, 9.17) is 22.1 Å². The summed E-state index contributed by atoms with van der Waals surface area (Å²) in [4.78, 5) is 18.9. The number of carbonyl (C=O) groups is 1. The lowest BCUT2D eigenvalue weighted by molar-refractivity contribution is -0.118. The highest BCUT2D eigenvalue weighted by Gasteiger charge is 2.45. The van der Waals surface area contributed by atoms with Gasteiger partial charge in [0.15, 0.2) is 5.78 Å². The van der Waals surface area contributed by atoms with Gasteiger partial charge in [0.05, 0.1) is 30.8 Å². The Labute approximate surface area is 215 Å². The monoisotopic (exact) mass is 508 g/mol. The number of nitrogens with two attached hydrogens (primary N) is 1. The van der Waals surface area contributed by atoms with E-state index in [2.05, 4.69) is 36.3 Å². The summed E-state index contributed by atoms with van der Waals surface area (Å²) in [6.45, 7) is 8.34. The van der Waals surface area contributed by atoms with Gasteiger partial charge in [-0.2, -0.15) is 5.26 Å². The third-order valence-electron chi connectivity index (χ3n) is 6.92. The highest BCUT2D eigenvalue weighted by atomic mass is 35.5. The second kappa shape index (κ2) is 9.44. The van der Waals surface area contributed by atoms with E-state index < -0.39 is 5.92 Å². The molecule has 3 heterocycles. The van der Waals surface area contributed by atoms with Crippen LogP contribution in [0.4, 0.5) is 5.69 Å². The Morgan fingerprint density at radius 3 is 2.74 bits per heavy atom. The number of carbonyl (C=O) groups excluding carboxylic acids is 1. The number of thiophene rings is 1. The van der Waals surface area contributed by atoms with Crippen molar-refractivity contribution in [3.63, 3.8) is 0 Å². The van der Waals surface area contributed by atoms with Gasteiger partial charge >= 0.3 is 0 Å². The largest absolute Gasteiger partial charge is 0.384 e. The van der Waals surface area contributed by atoms with Crippen molar-refractivity contribution in [1.82, 2.24) is 4.90 Å². The lowest BCUT2D eigenvalue weighted by atomic mass is 9.69. The van der Waals surface area contributed by atoms with E-state index in [1.54, 1.807) is 17.4 Å². The molecule has 5 rings (SSSR count). The molecule has 1 saturated heterocycles. The molecule has 0 amide bonds. The highest BCUT2D eigenvalue weighted by molar-refractivity contribution is 7.10. The molecule has 3 aliphatic rings. The third-order valence-corrected chi connectivity index (χ3v) is 8.20. The Balaban J connectivity index is 1.61. The number of rotatable bonds is 4. The van der Waals surface area contributed by atoms with Crippen LogP contribution in [0.25, 0.3) is 0 Å². The maximum Gasteiger partial charge on any atom is 0.162 e. The number of hydrogen-bond donors (Lipinski definition) is 1. The molecule has 8 heteroatoms. The molecule has 0 unspecified atom stereocenters. The van der Waals surface area contributed by atoms with Gasteiger partial charge in [-0.05, 0) is 47.0 Å². The average molecular weight is 509 g/mol. The summed E-state index contributed by atoms with van der Waals surface area (Å²) in [5.74, 6) is 0.00118. The molecule has 2 N–H and O–H groups in total. The first-order valence-corrected chi connectivity index (χ1v) is 13.1. The number of allylic oxidation sites excluding steroid dienone is 3. The number of halogens is 1. The Morgan fingerprint density at radius 2 is 2.03 bits per heavy atom. The predicted octanol–water partition coefficient (Wildman–Crippen LogP) is 5.17. The Hall–Kier alpha value is -2.63. The van der Waals surface area contributed by atoms with E-state index in [1.165, 1.54) is 5.56 Å². The SMILES string of the molecule is CC1(C)CC(=O)C2=C(C1)N(c1cccc(Cl)c1)C(N)=C(C#N)[C@H]2c1cc(CN2CCOCC2)cs1. The molecule has 6 nitrogen and oxygen atoms in total. The van der Waals surface area contributed by atoms with Gasteiger partial charge in [0.2, 0.25) is 0 Å². The van der Waals surface area contributed by atoms with Gasteiger partial charge in [-0.25, -0.2) is 0 Å². The zero-order valence-electron chi connectivity index (χ0n) is 20.0. The van der Waals surface area contributed by atoms with Crippen LogP contribution in [0.15, 0.2) is 58.4 Å². The van der Waals surface area contributed by atoms with Gasteiger partial charge in [-0.1, -0.05) is 31.5 Å². The van der Waals surface area contributed by atoms with E-state index in [9.17, 15) is 10.1 Å². The van der Waals surface area contributed by atoms with Crippen LogP contribution >= 0.6 is 22.9 Å². The van der Waals surface area contributed by atoms with Crippen LogP contribution in [-0.4, -0.2) is 37.0 Å². The van der Waals surface area contributed by atoms with Crippen LogP contribution in [0, 0.1) is 16.7 Å². The molecule has 2 aromatic rings. The van der Waals surface area contributed by atoms with Gasteiger partial charge in [-0.3, -0.25) is 14.6 Å². The molecule has 1 aromatic heterocycles. The first kappa shape index (κ1) is 24.1. The van der Waals surface area contributed by atoms with Gasteiger partial charge in [0.1, 0.15) is 5.82 Å². The van der Waals surface area contributed by atoms with Crippen molar-refractivity contribution in [2.24, 2.45) is 11.1 Å². The van der Waals surface area contributed by atoms with Gasteiger partial charge < -0.3 is 10.5 Å². The van der Waals surface area contributed by atoms with E-state index in [0.29, 0.717) is 34.8 Å². The fourth-order valence-corrected chi connectivity index (χ4v) is 6.56. The number of morpholine rings is 1. The maximum absolute atomic E-state index is 13.7. The number of hydrogen-bond acceptors (Lipinski definition) is 7. The van der Waals surface area contributed by atoms with E-state index >= 15 is 0 Å².